The molecule has 0 aliphatic carbocycles. The monoisotopic (exact) mass is 705 g/mol. The van der Waals surface area contributed by atoms with Gasteiger partial charge in [-0.1, -0.05) is 39.0 Å². The minimum absolute atomic E-state index is 0. The topological polar surface area (TPSA) is 58.5 Å². The molecule has 7 nitrogen and oxygen atoms in total. The number of hydrogen-bond donors (Lipinski definition) is 2. The molecule has 0 amide bonds. The summed E-state index contributed by atoms with van der Waals surface area (Å²) in [6, 6.07) is 20.3. The lowest BCUT2D eigenvalue weighted by Gasteiger charge is -2.40. The Bertz CT molecular complexity index is 1200. The van der Waals surface area contributed by atoms with Crippen molar-refractivity contribution in [1.29, 1.82) is 0 Å². The molecule has 3 atom stereocenters. The minimum atomic E-state index is -0.900. The van der Waals surface area contributed by atoms with Gasteiger partial charge < -0.3 is 34.7 Å². The summed E-state index contributed by atoms with van der Waals surface area (Å²) in [6.07, 6.45) is 7.86. The van der Waals surface area contributed by atoms with E-state index in [4.69, 9.17) is 11.5 Å². The number of nitrogen functional groups attached to an aromatic ring is 2. The molecule has 2 aliphatic rings. The minimum Gasteiger partial charge on any atom is -0.399 e. The van der Waals surface area contributed by atoms with Crippen molar-refractivity contribution in [3.05, 3.63) is 48.5 Å². The molecule has 2 aliphatic heterocycles. The number of halogens is 1. The van der Waals surface area contributed by atoms with Crippen LogP contribution in [0.1, 0.15) is 45.4 Å². The third-order valence-electron chi connectivity index (χ3n) is 11.2. The van der Waals surface area contributed by atoms with Crippen LogP contribution in [0.2, 0.25) is 25.7 Å². The first kappa shape index (κ1) is 42.2. The van der Waals surface area contributed by atoms with Gasteiger partial charge in [-0.25, -0.2) is 0 Å². The summed E-state index contributed by atoms with van der Waals surface area (Å²) in [5.74, 6) is 0. The molecule has 2 saturated heterocycles. The van der Waals surface area contributed by atoms with Crippen LogP contribution in [0.5, 0.6) is 0 Å². The Morgan fingerprint density at radius 3 is 1.48 bits per heavy atom. The maximum absolute atomic E-state index is 5.83. The maximum atomic E-state index is 5.83. The largest absolute Gasteiger partial charge is 0.399 e. The van der Waals surface area contributed by atoms with Crippen LogP contribution in [0.15, 0.2) is 48.5 Å². The molecular formula is C39H75ClN7Si+3. The maximum Gasteiger partial charge on any atom is 0.108 e. The van der Waals surface area contributed by atoms with Crippen LogP contribution in [0.25, 0.3) is 0 Å². The number of anilines is 4. The average Bonchev–Trinajstić information content (AvgIpc) is 3.67. The van der Waals surface area contributed by atoms with E-state index < -0.39 is 8.07 Å². The molecule has 2 aromatic carbocycles. The Morgan fingerprint density at radius 1 is 0.688 bits per heavy atom. The molecule has 3 unspecified atom stereocenters. The van der Waals surface area contributed by atoms with Crippen molar-refractivity contribution in [3.8, 4) is 0 Å². The highest BCUT2D eigenvalue weighted by molar-refractivity contribution is 6.76. The van der Waals surface area contributed by atoms with E-state index in [2.05, 4.69) is 110 Å². The molecule has 2 heterocycles. The normalized spacial score (nSPS) is 19.5. The molecule has 0 aromatic heterocycles. The summed E-state index contributed by atoms with van der Waals surface area (Å²) >= 11 is 0. The standard InChI is InChI=1S/C21H40N4.C18H34N3Si.ClH/c1-7-8-20(24(2,3)4)14-16-25(5,6)21-13-15-23(17-21)19-11-9-18(22)10-12-19;1-21(2,13-6-14-22(3,4)5)18-11-12-20(15-18)17-9-7-16(19)8-10-17;/h9-12,20-21H,7-8,13-17,22H2,1-6H3;7-10,18H,6,11-15,19H2,1-5H3;1H/q+2;+1;. The second kappa shape index (κ2) is 17.8. The second-order valence-electron chi connectivity index (χ2n) is 18.0. The van der Waals surface area contributed by atoms with Crippen molar-refractivity contribution in [1.82, 2.24) is 0 Å². The van der Waals surface area contributed by atoms with Gasteiger partial charge in [0.1, 0.15) is 12.1 Å². The Labute approximate surface area is 303 Å². The number of likely N-dealkylation sites (N-methyl/N-ethyl adjacent to an activating group) is 2. The third-order valence-corrected chi connectivity index (χ3v) is 13.1. The lowest BCUT2D eigenvalue weighted by atomic mass is 10.0. The zero-order chi connectivity index (χ0) is 35.0. The van der Waals surface area contributed by atoms with Gasteiger partial charge in [0, 0.05) is 63.2 Å². The summed E-state index contributed by atoms with van der Waals surface area (Å²) in [5, 5.41) is 0. The molecule has 0 bridgehead atoms. The molecule has 274 valence electrons. The first-order valence-electron chi connectivity index (χ1n) is 18.5. The van der Waals surface area contributed by atoms with Gasteiger partial charge in [-0.2, -0.15) is 0 Å². The van der Waals surface area contributed by atoms with Gasteiger partial charge in [0.05, 0.1) is 81.6 Å². The fourth-order valence-electron chi connectivity index (χ4n) is 7.58. The molecule has 2 fully saturated rings. The molecule has 9 heteroatoms. The zero-order valence-electron chi connectivity index (χ0n) is 32.8. The van der Waals surface area contributed by atoms with E-state index in [0.717, 1.165) is 50.0 Å². The predicted molar refractivity (Wildman–Crippen MR) is 218 cm³/mol. The van der Waals surface area contributed by atoms with Crippen LogP contribution in [-0.4, -0.2) is 128 Å². The first-order chi connectivity index (χ1) is 21.8. The Balaban J connectivity index is 0.000000329. The van der Waals surface area contributed by atoms with Crippen LogP contribution in [0.3, 0.4) is 0 Å². The molecule has 2 aromatic rings. The Kier molecular flexibility index (Phi) is 15.6. The highest BCUT2D eigenvalue weighted by atomic mass is 35.5. The number of nitrogens with zero attached hydrogens (tertiary/aromatic N) is 5. The van der Waals surface area contributed by atoms with E-state index in [1.54, 1.807) is 0 Å². The van der Waals surface area contributed by atoms with Crippen LogP contribution < -0.4 is 21.3 Å². The number of rotatable bonds is 14. The van der Waals surface area contributed by atoms with Crippen molar-refractivity contribution in [3.63, 3.8) is 0 Å². The Hall–Kier alpha value is -1.97. The van der Waals surface area contributed by atoms with Gasteiger partial charge in [0.2, 0.25) is 0 Å². The number of quaternary nitrogens is 3. The van der Waals surface area contributed by atoms with Crippen LogP contribution in [0.4, 0.5) is 22.7 Å². The summed E-state index contributed by atoms with van der Waals surface area (Å²) in [7, 11) is 15.8. The van der Waals surface area contributed by atoms with Crippen LogP contribution >= 0.6 is 12.4 Å². The molecule has 0 saturated carbocycles. The number of nitrogens with two attached hydrogens (primary N) is 2. The molecule has 48 heavy (non-hydrogen) atoms. The van der Waals surface area contributed by atoms with Crippen LogP contribution in [-0.2, 0) is 0 Å². The molecular weight excluding hydrogens is 630 g/mol. The van der Waals surface area contributed by atoms with Crippen LogP contribution in [0, 0.1) is 0 Å². The van der Waals surface area contributed by atoms with Gasteiger partial charge in [-0.15, -0.1) is 12.4 Å². The Morgan fingerprint density at radius 2 is 1.10 bits per heavy atom. The lowest BCUT2D eigenvalue weighted by Crippen LogP contribution is -2.53. The van der Waals surface area contributed by atoms with Crippen molar-refractivity contribution in [2.75, 3.05) is 110 Å². The number of benzene rings is 2. The molecule has 0 radical (unpaired) electrons. The van der Waals surface area contributed by atoms with Crippen molar-refractivity contribution < 1.29 is 13.4 Å². The van der Waals surface area contributed by atoms with Crippen molar-refractivity contribution in [2.45, 2.75) is 89.3 Å². The van der Waals surface area contributed by atoms with E-state index in [1.807, 2.05) is 24.3 Å². The van der Waals surface area contributed by atoms with E-state index in [0.29, 0.717) is 6.04 Å². The van der Waals surface area contributed by atoms with E-state index in [1.165, 1.54) is 82.1 Å². The zero-order valence-corrected chi connectivity index (χ0v) is 34.7. The first-order valence-corrected chi connectivity index (χ1v) is 22.2. The van der Waals surface area contributed by atoms with Crippen molar-refractivity contribution in [2.24, 2.45) is 0 Å². The summed E-state index contributed by atoms with van der Waals surface area (Å²) < 4.78 is 3.37. The quantitative estimate of drug-likeness (QED) is 0.124. The summed E-state index contributed by atoms with van der Waals surface area (Å²) in [6.45, 7) is 17.0. The summed E-state index contributed by atoms with van der Waals surface area (Å²) in [5.41, 5.74) is 15.9. The second-order valence-corrected chi connectivity index (χ2v) is 23.6. The highest BCUT2D eigenvalue weighted by Crippen LogP contribution is 2.28. The van der Waals surface area contributed by atoms with E-state index in [9.17, 15) is 0 Å². The van der Waals surface area contributed by atoms with Gasteiger partial charge in [-0.05, 0) is 61.4 Å². The SMILES string of the molecule is CCCC(CC[N+](C)(C)C1CCN(c2ccc(N)cc2)C1)[N+](C)(C)C.C[N+](C)(CCC[Si](C)(C)C)C1CCN(c2ccc(N)cc2)C1.Cl. The van der Waals surface area contributed by atoms with Gasteiger partial charge in [-0.3, -0.25) is 0 Å². The average molecular weight is 706 g/mol. The van der Waals surface area contributed by atoms with Gasteiger partial charge in [0.15, 0.2) is 0 Å². The fourth-order valence-corrected chi connectivity index (χ4v) is 8.80. The van der Waals surface area contributed by atoms with Crippen molar-refractivity contribution >= 4 is 43.2 Å². The molecule has 4 N–H and O–H groups in total. The lowest BCUT2D eigenvalue weighted by molar-refractivity contribution is -0.926. The van der Waals surface area contributed by atoms with E-state index in [-0.39, 0.29) is 12.4 Å². The van der Waals surface area contributed by atoms with Gasteiger partial charge in [0.25, 0.3) is 0 Å². The highest BCUT2D eigenvalue weighted by Gasteiger charge is 2.37. The molecule has 4 rings (SSSR count). The predicted octanol–water partition coefficient (Wildman–Crippen LogP) is 7.26. The number of hydrogen-bond acceptors (Lipinski definition) is 4. The molecule has 0 spiro atoms. The fraction of sp³-hybridized carbons (Fsp3) is 0.692. The third kappa shape index (κ3) is 13.1. The summed E-state index contributed by atoms with van der Waals surface area (Å²) in [4.78, 5) is 5.04. The van der Waals surface area contributed by atoms with Gasteiger partial charge >= 0.3 is 0 Å². The smallest absolute Gasteiger partial charge is 0.108 e. The van der Waals surface area contributed by atoms with E-state index >= 15 is 0 Å².